The summed E-state index contributed by atoms with van der Waals surface area (Å²) in [5.41, 5.74) is 3.39. The number of para-hydroxylation sites is 4. The average molecular weight is 502 g/mol. The third-order valence-corrected chi connectivity index (χ3v) is 8.77. The monoisotopic (exact) mass is 501 g/mol. The van der Waals surface area contributed by atoms with E-state index in [1.807, 2.05) is 6.07 Å². The molecule has 1 N–H and O–H groups in total. The highest BCUT2D eigenvalue weighted by Gasteiger charge is 2.26. The van der Waals surface area contributed by atoms with E-state index in [1.54, 1.807) is 17.8 Å². The highest BCUT2D eigenvalue weighted by atomic mass is 32.2. The number of aromatic hydroxyl groups is 1. The van der Waals surface area contributed by atoms with Gasteiger partial charge in [-0.1, -0.05) is 42.1 Å². The lowest BCUT2D eigenvalue weighted by Crippen LogP contribution is -2.47. The molecule has 6 rings (SSSR count). The maximum atomic E-state index is 10.7. The van der Waals surface area contributed by atoms with Gasteiger partial charge in [0.1, 0.15) is 11.5 Å². The second-order valence-corrected chi connectivity index (χ2v) is 11.1. The topological polar surface area (TPSA) is 39.2 Å². The molecule has 2 fully saturated rings. The minimum atomic E-state index is 0.363. The highest BCUT2D eigenvalue weighted by Crippen LogP contribution is 2.51. The molecule has 0 bridgehead atoms. The predicted octanol–water partition coefficient (Wildman–Crippen LogP) is 6.53. The third kappa shape index (κ3) is 4.89. The minimum absolute atomic E-state index is 0.363. The smallest absolute Gasteiger partial charge is 0.143 e. The van der Waals surface area contributed by atoms with Gasteiger partial charge in [-0.3, -0.25) is 4.90 Å². The Kier molecular flexibility index (Phi) is 6.97. The van der Waals surface area contributed by atoms with E-state index in [0.29, 0.717) is 11.9 Å². The molecule has 0 unspecified atom stereocenters. The van der Waals surface area contributed by atoms with Crippen molar-refractivity contribution in [1.82, 2.24) is 4.90 Å². The molecule has 0 aromatic heterocycles. The Morgan fingerprint density at radius 2 is 1.50 bits per heavy atom. The van der Waals surface area contributed by atoms with Crippen LogP contribution in [0.5, 0.6) is 11.5 Å². The van der Waals surface area contributed by atoms with E-state index in [1.165, 1.54) is 42.0 Å². The number of anilines is 3. The van der Waals surface area contributed by atoms with Gasteiger partial charge in [0.05, 0.1) is 23.2 Å². The number of phenolic OH excluding ortho intramolecular Hbond substituents is 1. The summed E-state index contributed by atoms with van der Waals surface area (Å²) in [5, 5.41) is 10.7. The molecule has 0 radical (unpaired) electrons. The van der Waals surface area contributed by atoms with Gasteiger partial charge in [0.2, 0.25) is 0 Å². The Bertz CT molecular complexity index is 1190. The molecule has 6 heteroatoms. The van der Waals surface area contributed by atoms with Crippen LogP contribution in [0.25, 0.3) is 0 Å². The quantitative estimate of drug-likeness (QED) is 0.397. The van der Waals surface area contributed by atoms with Gasteiger partial charge in [0, 0.05) is 42.5 Å². The molecule has 1 aliphatic carbocycles. The van der Waals surface area contributed by atoms with Gasteiger partial charge in [0.15, 0.2) is 0 Å². The SMILES string of the molecule is Oc1cccc2c1N(CCCN1CCN(c3ccccc3OC3CCCC3)CC1)c1ccccc1S2. The number of fused-ring (bicyclic) bond motifs is 2. The fourth-order valence-corrected chi connectivity index (χ4v) is 6.90. The molecule has 3 aromatic carbocycles. The molecule has 1 saturated carbocycles. The Morgan fingerprint density at radius 3 is 2.33 bits per heavy atom. The van der Waals surface area contributed by atoms with Crippen molar-refractivity contribution in [2.24, 2.45) is 0 Å². The van der Waals surface area contributed by atoms with Crippen molar-refractivity contribution in [3.63, 3.8) is 0 Å². The number of rotatable bonds is 7. The molecule has 3 aromatic rings. The molecule has 2 aliphatic heterocycles. The molecular weight excluding hydrogens is 466 g/mol. The first-order valence-electron chi connectivity index (χ1n) is 13.4. The van der Waals surface area contributed by atoms with E-state index in [4.69, 9.17) is 4.74 Å². The molecule has 1 saturated heterocycles. The van der Waals surface area contributed by atoms with Crippen molar-refractivity contribution in [3.8, 4) is 11.5 Å². The van der Waals surface area contributed by atoms with Gasteiger partial charge in [-0.2, -0.15) is 0 Å². The number of piperazine rings is 1. The van der Waals surface area contributed by atoms with Crippen LogP contribution in [0, 0.1) is 0 Å². The summed E-state index contributed by atoms with van der Waals surface area (Å²) in [6, 6.07) is 22.9. The Hall–Kier alpha value is -2.83. The van der Waals surface area contributed by atoms with Crippen LogP contribution in [0.1, 0.15) is 32.1 Å². The van der Waals surface area contributed by atoms with Crippen LogP contribution in [0.4, 0.5) is 17.1 Å². The van der Waals surface area contributed by atoms with E-state index in [9.17, 15) is 5.11 Å². The zero-order valence-electron chi connectivity index (χ0n) is 20.8. The number of nitrogens with zero attached hydrogens (tertiary/aromatic N) is 3. The summed E-state index contributed by atoms with van der Waals surface area (Å²) in [7, 11) is 0. The Labute approximate surface area is 218 Å². The second-order valence-electron chi connectivity index (χ2n) is 10.0. The summed E-state index contributed by atoms with van der Waals surface area (Å²) in [6.45, 7) is 6.12. The Morgan fingerprint density at radius 1 is 0.778 bits per heavy atom. The van der Waals surface area contributed by atoms with Crippen LogP contribution in [0.15, 0.2) is 76.5 Å². The maximum Gasteiger partial charge on any atom is 0.143 e. The van der Waals surface area contributed by atoms with Gasteiger partial charge in [-0.25, -0.2) is 0 Å². The molecule has 0 atom stereocenters. The van der Waals surface area contributed by atoms with Crippen molar-refractivity contribution in [1.29, 1.82) is 0 Å². The van der Waals surface area contributed by atoms with E-state index < -0.39 is 0 Å². The number of benzene rings is 3. The molecular formula is C30H35N3O2S. The van der Waals surface area contributed by atoms with Crippen molar-refractivity contribution in [3.05, 3.63) is 66.7 Å². The third-order valence-electron chi connectivity index (χ3n) is 7.65. The highest BCUT2D eigenvalue weighted by molar-refractivity contribution is 7.99. The minimum Gasteiger partial charge on any atom is -0.506 e. The van der Waals surface area contributed by atoms with Crippen molar-refractivity contribution in [2.75, 3.05) is 49.1 Å². The predicted molar refractivity (Wildman–Crippen MR) is 148 cm³/mol. The van der Waals surface area contributed by atoms with Gasteiger partial charge in [0.25, 0.3) is 0 Å². The normalized spacial score (nSPS) is 18.2. The van der Waals surface area contributed by atoms with Crippen molar-refractivity contribution in [2.45, 2.75) is 48.0 Å². The molecule has 0 spiro atoms. The summed E-state index contributed by atoms with van der Waals surface area (Å²) in [4.78, 5) is 9.76. The first-order valence-corrected chi connectivity index (χ1v) is 14.2. The maximum absolute atomic E-state index is 10.7. The van der Waals surface area contributed by atoms with Crippen LogP contribution in [-0.2, 0) is 0 Å². The van der Waals surface area contributed by atoms with Gasteiger partial charge in [-0.05, 0) is 75.0 Å². The summed E-state index contributed by atoms with van der Waals surface area (Å²) >= 11 is 1.74. The second kappa shape index (κ2) is 10.7. The lowest BCUT2D eigenvalue weighted by Gasteiger charge is -2.38. The molecule has 5 nitrogen and oxygen atoms in total. The van der Waals surface area contributed by atoms with Crippen LogP contribution < -0.4 is 14.5 Å². The van der Waals surface area contributed by atoms with Crippen LogP contribution in [0.2, 0.25) is 0 Å². The van der Waals surface area contributed by atoms with E-state index in [-0.39, 0.29) is 0 Å². The number of phenols is 1. The lowest BCUT2D eigenvalue weighted by molar-refractivity contribution is 0.209. The fourth-order valence-electron chi connectivity index (χ4n) is 5.77. The van der Waals surface area contributed by atoms with Crippen LogP contribution in [-0.4, -0.2) is 55.4 Å². The van der Waals surface area contributed by atoms with E-state index in [2.05, 4.69) is 69.3 Å². The first kappa shape index (κ1) is 23.6. The van der Waals surface area contributed by atoms with Gasteiger partial charge in [-0.15, -0.1) is 0 Å². The molecule has 0 amide bonds. The Balaban J connectivity index is 1.06. The van der Waals surface area contributed by atoms with Crippen molar-refractivity contribution < 1.29 is 9.84 Å². The lowest BCUT2D eigenvalue weighted by atomic mass is 10.2. The van der Waals surface area contributed by atoms with Gasteiger partial charge < -0.3 is 19.6 Å². The number of ether oxygens (including phenoxy) is 1. The number of hydrogen-bond donors (Lipinski definition) is 1. The molecule has 36 heavy (non-hydrogen) atoms. The molecule has 3 aliphatic rings. The average Bonchev–Trinajstić information content (AvgIpc) is 3.42. The molecule has 188 valence electrons. The zero-order valence-corrected chi connectivity index (χ0v) is 21.6. The van der Waals surface area contributed by atoms with Gasteiger partial charge >= 0.3 is 0 Å². The van der Waals surface area contributed by atoms with Crippen molar-refractivity contribution >= 4 is 28.8 Å². The van der Waals surface area contributed by atoms with E-state index >= 15 is 0 Å². The first-order chi connectivity index (χ1) is 17.8. The van der Waals surface area contributed by atoms with E-state index in [0.717, 1.165) is 62.0 Å². The summed E-state index contributed by atoms with van der Waals surface area (Å²) in [6.07, 6.45) is 6.38. The van der Waals surface area contributed by atoms with Crippen LogP contribution >= 0.6 is 11.8 Å². The largest absolute Gasteiger partial charge is 0.506 e. The fraction of sp³-hybridized carbons (Fsp3) is 0.400. The summed E-state index contributed by atoms with van der Waals surface area (Å²) in [5.74, 6) is 1.42. The van der Waals surface area contributed by atoms with Crippen LogP contribution in [0.3, 0.4) is 0 Å². The standard InChI is InChI=1S/C30H35N3O2S/c34-26-13-7-16-29-30(26)33(25-12-4-6-15-28(25)36-29)18-8-17-31-19-21-32(22-20-31)24-11-3-5-14-27(24)35-23-9-1-2-10-23/h3-7,11-16,23,34H,1-2,8-10,17-22H2. The zero-order chi connectivity index (χ0) is 24.3. The number of hydrogen-bond acceptors (Lipinski definition) is 6. The molecule has 2 heterocycles. The summed E-state index contributed by atoms with van der Waals surface area (Å²) < 4.78 is 6.40.